The molecule has 107 heavy (non-hydrogen) atoms. The van der Waals surface area contributed by atoms with E-state index < -0.39 is 20.8 Å². The van der Waals surface area contributed by atoms with Crippen LogP contribution in [0.15, 0.2) is 200 Å². The summed E-state index contributed by atoms with van der Waals surface area (Å²) in [6.07, 6.45) is 41.9. The van der Waals surface area contributed by atoms with Crippen LogP contribution in [0.4, 0.5) is 11.6 Å². The molecule has 0 spiro atoms. The van der Waals surface area contributed by atoms with Crippen molar-refractivity contribution in [3.8, 4) is 11.5 Å². The number of aromatic nitrogens is 2. The monoisotopic (exact) mass is 1590 g/mol. The fraction of sp³-hybridized carbons (Fsp3) is 0.122. The molecule has 0 amide bonds. The predicted octanol–water partition coefficient (Wildman–Crippen LogP) is 13.7. The molecule has 4 saturated carbocycles. The second-order valence-corrected chi connectivity index (χ2v) is 31.4. The second-order valence-electron chi connectivity index (χ2n) is 23.5. The maximum atomic E-state index is 12.9. The van der Waals surface area contributed by atoms with Crippen molar-refractivity contribution in [2.45, 2.75) is 0 Å². The van der Waals surface area contributed by atoms with Crippen LogP contribution in [0.1, 0.15) is 43.0 Å². The molecule has 4 aliphatic heterocycles. The number of nitrogens with zero attached hydrogens (tertiary/aromatic N) is 8. The minimum absolute atomic E-state index is 0. The van der Waals surface area contributed by atoms with Crippen molar-refractivity contribution in [2.75, 3.05) is 62.7 Å². The van der Waals surface area contributed by atoms with Crippen molar-refractivity contribution in [2.24, 2.45) is 30.0 Å². The molecule has 0 unspecified atom stereocenters. The van der Waals surface area contributed by atoms with E-state index in [9.17, 15) is 19.2 Å². The molecule has 6 aromatic carbocycles. The fourth-order valence-electron chi connectivity index (χ4n) is 11.7. The number of esters is 2. The number of fused-ring (bicyclic) bond motifs is 14. The number of carbonyl (C=O) groups excluding carboxylic acids is 4. The van der Waals surface area contributed by atoms with Crippen LogP contribution in [0.25, 0.3) is 21.5 Å². The molecule has 18 nitrogen and oxygen atoms in total. The summed E-state index contributed by atoms with van der Waals surface area (Å²) in [6.45, 7) is 0.0180. The summed E-state index contributed by atoms with van der Waals surface area (Å²) >= 11 is 0. The molecule has 0 atom stereocenters. The molecule has 534 valence electrons. The third-order valence-corrected chi connectivity index (χ3v) is 24.4. The van der Waals surface area contributed by atoms with Crippen molar-refractivity contribution in [1.29, 1.82) is 0 Å². The van der Waals surface area contributed by atoms with Gasteiger partial charge in [-0.1, -0.05) is 152 Å². The van der Waals surface area contributed by atoms with E-state index >= 15 is 0 Å². The molecule has 20 radical (unpaired) electrons. The number of amidine groups is 4. The Hall–Kier alpha value is -7.38. The van der Waals surface area contributed by atoms with Crippen molar-refractivity contribution in [3.63, 3.8) is 0 Å². The first kappa shape index (κ1) is 79.2. The Morgan fingerprint density at radius 3 is 1.06 bits per heavy atom. The Bertz CT molecular complexity index is 4490. The third-order valence-electron chi connectivity index (χ3n) is 16.6. The zero-order valence-corrected chi connectivity index (χ0v) is 63.6. The third kappa shape index (κ3) is 19.6. The van der Waals surface area contributed by atoms with Gasteiger partial charge < -0.3 is 27.8 Å². The smallest absolute Gasteiger partial charge is 0.482 e. The number of ketones is 2. The molecule has 0 N–H and O–H groups in total. The minimum Gasteiger partial charge on any atom is -0.482 e. The van der Waals surface area contributed by atoms with Gasteiger partial charge in [0.1, 0.15) is 47.3 Å². The summed E-state index contributed by atoms with van der Waals surface area (Å²) in [7, 11) is 1.76. The molecule has 6 bridgehead atoms. The number of benzene rings is 6. The van der Waals surface area contributed by atoms with E-state index in [4.69, 9.17) is 57.8 Å². The van der Waals surface area contributed by atoms with Gasteiger partial charge in [0.15, 0.2) is 48.1 Å². The quantitative estimate of drug-likeness (QED) is 0.0112. The fourth-order valence-corrected chi connectivity index (χ4v) is 18.6. The molecule has 25 heteroatoms. The topological polar surface area (TPSA) is 208 Å². The average Bonchev–Trinajstić information content (AvgIpc) is 1.54. The first-order valence-electron chi connectivity index (χ1n) is 33.8. The Kier molecular flexibility index (Phi) is 29.1. The molecule has 16 rings (SSSR count). The number of aliphatic imine (C=N–C) groups is 4. The molecule has 4 fully saturated rings. The first-order chi connectivity index (χ1) is 51.7. The van der Waals surface area contributed by atoms with Crippen LogP contribution in [-0.4, -0.2) is 127 Å². The molecule has 6 heterocycles. The number of carbonyl (C=O) groups is 4. The van der Waals surface area contributed by atoms with E-state index in [0.717, 1.165) is 55.6 Å². The van der Waals surface area contributed by atoms with E-state index in [1.54, 1.807) is 82.3 Å². The number of rotatable bonds is 28. The molecule has 8 aliphatic rings. The summed E-state index contributed by atoms with van der Waals surface area (Å²) in [6, 6.07) is 45.2. The number of hydrogen-bond donors (Lipinski definition) is 0. The maximum Gasteiger partial charge on any atom is 2.00 e. The van der Waals surface area contributed by atoms with Crippen LogP contribution >= 0.6 is 43.2 Å². The van der Waals surface area contributed by atoms with Crippen molar-refractivity contribution in [3.05, 3.63) is 342 Å². The van der Waals surface area contributed by atoms with Crippen LogP contribution in [0.2, 0.25) is 0 Å². The van der Waals surface area contributed by atoms with Crippen LogP contribution in [-0.2, 0) is 62.1 Å². The standard InChI is InChI=1S/C72H56N8O10S4Si.2C5H5.2Fe/c81-61(35-25-47-13-1-2-14-47)49-27-31-51(32-28-49)87-45-63(83)85-37-41-91-93-43-39-89-95(90-40-44-94-92-42-38-86-64(84)46-88-52-33-29-50(30-34-52)62(82)36-26-48-15-3-4-16-48)79-69-57-21-9-10-22-58(57)71(79)77-67-55-19-7-8-20-56(55)68(74-67)78-72-60-24-12-11-23-59(60)70(80(72)95)76-66-54-18-6-5-17-53(54)65(73-66)75-69;2*1-2-4-5-3-1;;/h1-36H,37-46H2;2*1-5H;;/q;;;2*+2/b35-25+,36-26+,75-65?,75-69?,76-66?,76-70?,77-67?,77-71?,78-68?,78-72?;;;;. The van der Waals surface area contributed by atoms with Gasteiger partial charge in [-0.15, -0.1) is 0 Å². The van der Waals surface area contributed by atoms with Gasteiger partial charge in [0.05, 0.1) is 0 Å². The second kappa shape index (κ2) is 39.3. The summed E-state index contributed by atoms with van der Waals surface area (Å²) in [4.78, 5) is 83.7. The predicted molar refractivity (Wildman–Crippen MR) is 419 cm³/mol. The van der Waals surface area contributed by atoms with E-state index in [0.29, 0.717) is 91.6 Å². The van der Waals surface area contributed by atoms with Crippen LogP contribution in [0.5, 0.6) is 11.5 Å². The van der Waals surface area contributed by atoms with E-state index in [2.05, 4.69) is 0 Å². The van der Waals surface area contributed by atoms with Crippen LogP contribution in [0.3, 0.4) is 0 Å². The Morgan fingerprint density at radius 1 is 0.364 bits per heavy atom. The van der Waals surface area contributed by atoms with E-state index in [1.807, 2.05) is 221 Å². The summed E-state index contributed by atoms with van der Waals surface area (Å²) in [5, 5.41) is 3.14. The first-order valence-corrected chi connectivity index (χ1v) is 40.4. The number of ether oxygens (including phenoxy) is 4. The summed E-state index contributed by atoms with van der Waals surface area (Å²) < 4.78 is 42.0. The van der Waals surface area contributed by atoms with Gasteiger partial charge in [-0.05, 0) is 176 Å². The van der Waals surface area contributed by atoms with Crippen molar-refractivity contribution < 1.29 is 81.1 Å². The average molecular weight is 1590 g/mol. The molecular weight excluding hydrogens is 1520 g/mol. The molecule has 2 aromatic heterocycles. The summed E-state index contributed by atoms with van der Waals surface area (Å²) in [5.74, 6) is 6.26. The minimum atomic E-state index is -4.44. The normalized spacial score (nSPS) is 16.4. The zero-order valence-electron chi connectivity index (χ0n) is 57.1. The van der Waals surface area contributed by atoms with Gasteiger partial charge in [0.2, 0.25) is 0 Å². The molecule has 0 saturated heterocycles. The maximum absolute atomic E-state index is 12.9. The van der Waals surface area contributed by atoms with Gasteiger partial charge in [-0.2, -0.15) is 0 Å². The Labute approximate surface area is 662 Å². The van der Waals surface area contributed by atoms with Crippen molar-refractivity contribution in [1.82, 2.24) is 8.47 Å². The Balaban J connectivity index is 0.000000826. The van der Waals surface area contributed by atoms with Crippen LogP contribution < -0.4 is 20.4 Å². The van der Waals surface area contributed by atoms with Gasteiger partial charge in [0, 0.05) is 103 Å². The van der Waals surface area contributed by atoms with Crippen molar-refractivity contribution >= 4 is 132 Å². The number of hydrogen-bond acceptors (Lipinski definition) is 20. The van der Waals surface area contributed by atoms with Gasteiger partial charge in [-0.25, -0.2) is 39.5 Å². The van der Waals surface area contributed by atoms with E-state index in [1.165, 1.54) is 33.7 Å². The Morgan fingerprint density at radius 2 is 0.692 bits per heavy atom. The zero-order chi connectivity index (χ0) is 71.6. The van der Waals surface area contributed by atoms with E-state index in [-0.39, 0.29) is 85.3 Å². The SMILES string of the molecule is O=C(COc1ccc(C(=O)/C=C/[C]2[CH][CH][CH][CH]2)cc1)OCCSSCCO[Si]1(OCCSSCCOC(=O)COc2ccc(C(=O)/C=C/[C]3[CH][CH][CH][CH]3)cc2)n2c3c4ccccc4c2N=C2N=C(N=c4c5ccccc5c(n41)=NC1=NC(=N3)c3ccccc31)c1ccccc12.[CH]1[CH][CH][CH][CH]1.[CH]1[CH][CH][CH][CH]1.[Fe+2].[Fe+2]. The largest absolute Gasteiger partial charge is 2.00 e. The van der Waals surface area contributed by atoms with Gasteiger partial charge in [0.25, 0.3) is 0 Å². The van der Waals surface area contributed by atoms with Crippen LogP contribution in [0, 0.1) is 127 Å². The number of allylic oxidation sites excluding steroid dienone is 4. The molecule has 4 aliphatic carbocycles. The summed E-state index contributed by atoms with van der Waals surface area (Å²) in [5.41, 5.74) is 5.30. The van der Waals surface area contributed by atoms with Gasteiger partial charge in [-0.3, -0.25) is 18.1 Å². The molecule has 8 aromatic rings. The molecular formula is C82H66Fe2N8O10S4Si+4. The van der Waals surface area contributed by atoms with Gasteiger partial charge >= 0.3 is 55.0 Å².